The third-order valence-electron chi connectivity index (χ3n) is 4.97. The molecule has 1 unspecified atom stereocenters. The van der Waals surface area contributed by atoms with Crippen molar-refractivity contribution < 1.29 is 14.5 Å². The normalized spacial score (nSPS) is 23.2. The van der Waals surface area contributed by atoms with Gasteiger partial charge in [0.15, 0.2) is 11.6 Å². The first-order chi connectivity index (χ1) is 11.5. The van der Waals surface area contributed by atoms with Crippen LogP contribution in [0.1, 0.15) is 31.8 Å². The number of carbonyl (C=O) groups is 2. The van der Waals surface area contributed by atoms with Crippen LogP contribution in [0.15, 0.2) is 48.5 Å². The molecule has 3 rings (SSSR count). The molecule has 3 atom stereocenters. The summed E-state index contributed by atoms with van der Waals surface area (Å²) in [6.45, 7) is 5.45. The van der Waals surface area contributed by atoms with Crippen molar-refractivity contribution in [1.29, 1.82) is 0 Å². The zero-order valence-electron chi connectivity index (χ0n) is 14.5. The van der Waals surface area contributed by atoms with Crippen LogP contribution in [-0.4, -0.2) is 31.7 Å². The van der Waals surface area contributed by atoms with Crippen LogP contribution >= 0.6 is 0 Å². The molecule has 0 spiro atoms. The molecule has 1 saturated heterocycles. The monoisotopic (exact) mass is 322 g/mol. The summed E-state index contributed by atoms with van der Waals surface area (Å²) in [4.78, 5) is 27.1. The number of likely N-dealkylation sites (tertiary alicyclic amines) is 1. The number of hydrogen-bond donors (Lipinski definition) is 1. The van der Waals surface area contributed by atoms with Gasteiger partial charge in [-0.05, 0) is 13.8 Å². The highest BCUT2D eigenvalue weighted by atomic mass is 16.1. The topological polar surface area (TPSA) is 38.6 Å². The van der Waals surface area contributed by atoms with Crippen LogP contribution < -0.4 is 4.90 Å². The second-order valence-electron chi connectivity index (χ2n) is 7.04. The van der Waals surface area contributed by atoms with E-state index in [0.717, 1.165) is 24.2 Å². The highest BCUT2D eigenvalue weighted by molar-refractivity contribution is 6.05. The maximum absolute atomic E-state index is 12.9. The smallest absolute Gasteiger partial charge is 0.172 e. The van der Waals surface area contributed by atoms with Crippen molar-refractivity contribution in [1.82, 2.24) is 0 Å². The standard InChI is InChI=1S/C21H23NO2/c1-14-4-8-16(9-5-14)20(23)18-12-22(3)13-19(18)21(24)17-10-6-15(2)7-11-17/h4-11,18-19H,12-13H2,1-3H3/p+1/t18-,19+. The van der Waals surface area contributed by atoms with Crippen LogP contribution in [0.5, 0.6) is 0 Å². The van der Waals surface area contributed by atoms with Crippen LogP contribution in [0.2, 0.25) is 0 Å². The fourth-order valence-electron chi connectivity index (χ4n) is 3.53. The molecule has 2 aromatic carbocycles. The van der Waals surface area contributed by atoms with Gasteiger partial charge in [0.25, 0.3) is 0 Å². The fraction of sp³-hybridized carbons (Fsp3) is 0.333. The summed E-state index contributed by atoms with van der Waals surface area (Å²) in [6.07, 6.45) is 0. The molecule has 24 heavy (non-hydrogen) atoms. The Morgan fingerprint density at radius 3 is 1.42 bits per heavy atom. The van der Waals surface area contributed by atoms with Gasteiger partial charge in [-0.15, -0.1) is 0 Å². The van der Waals surface area contributed by atoms with Crippen molar-refractivity contribution in [2.45, 2.75) is 13.8 Å². The van der Waals surface area contributed by atoms with Crippen molar-refractivity contribution >= 4 is 11.6 Å². The minimum atomic E-state index is -0.235. The molecule has 0 saturated carbocycles. The Morgan fingerprint density at radius 2 is 1.08 bits per heavy atom. The maximum atomic E-state index is 12.9. The molecular formula is C21H24NO2+. The molecule has 1 fully saturated rings. The van der Waals surface area contributed by atoms with E-state index in [1.807, 2.05) is 62.4 Å². The summed E-state index contributed by atoms with van der Waals surface area (Å²) >= 11 is 0. The van der Waals surface area contributed by atoms with Gasteiger partial charge < -0.3 is 4.90 Å². The average Bonchev–Trinajstić information content (AvgIpc) is 2.97. The van der Waals surface area contributed by atoms with Gasteiger partial charge in [-0.1, -0.05) is 59.7 Å². The second-order valence-corrected chi connectivity index (χ2v) is 7.04. The highest BCUT2D eigenvalue weighted by Gasteiger charge is 2.43. The number of hydrogen-bond acceptors (Lipinski definition) is 2. The highest BCUT2D eigenvalue weighted by Crippen LogP contribution is 2.24. The van der Waals surface area contributed by atoms with E-state index in [9.17, 15) is 9.59 Å². The average molecular weight is 322 g/mol. The van der Waals surface area contributed by atoms with E-state index in [1.54, 1.807) is 0 Å². The van der Waals surface area contributed by atoms with Crippen molar-refractivity contribution in [3.8, 4) is 0 Å². The number of nitrogens with one attached hydrogen (secondary N) is 1. The lowest BCUT2D eigenvalue weighted by Gasteiger charge is -2.14. The minimum Gasteiger partial charge on any atom is -0.336 e. The SMILES string of the molecule is Cc1ccc(C(=O)[C@H]2C[NH+](C)C[C@H]2C(=O)c2ccc(C)cc2)cc1. The number of aryl methyl sites for hydroxylation is 2. The molecule has 124 valence electrons. The third kappa shape index (κ3) is 3.31. The lowest BCUT2D eigenvalue weighted by atomic mass is 9.83. The van der Waals surface area contributed by atoms with E-state index < -0.39 is 0 Å². The van der Waals surface area contributed by atoms with E-state index in [0.29, 0.717) is 11.1 Å². The molecule has 0 bridgehead atoms. The van der Waals surface area contributed by atoms with Gasteiger partial charge in [0.1, 0.15) is 0 Å². The number of Topliss-reactive ketones (excluding diaryl/α,β-unsaturated/α-hetero) is 2. The van der Waals surface area contributed by atoms with Gasteiger partial charge in [-0.25, -0.2) is 0 Å². The minimum absolute atomic E-state index is 0.0947. The third-order valence-corrected chi connectivity index (χ3v) is 4.97. The summed E-state index contributed by atoms with van der Waals surface area (Å²) in [5, 5.41) is 0. The van der Waals surface area contributed by atoms with E-state index in [-0.39, 0.29) is 23.4 Å². The molecule has 0 amide bonds. The van der Waals surface area contributed by atoms with Crippen LogP contribution in [0.3, 0.4) is 0 Å². The predicted octanol–water partition coefficient (Wildman–Crippen LogP) is 2.13. The Morgan fingerprint density at radius 1 is 0.750 bits per heavy atom. The van der Waals surface area contributed by atoms with Crippen molar-refractivity contribution in [3.63, 3.8) is 0 Å². The van der Waals surface area contributed by atoms with Crippen molar-refractivity contribution in [2.75, 3.05) is 20.1 Å². The van der Waals surface area contributed by atoms with E-state index in [2.05, 4.69) is 7.05 Å². The first kappa shape index (κ1) is 16.6. The largest absolute Gasteiger partial charge is 0.336 e. The molecule has 2 aromatic rings. The predicted molar refractivity (Wildman–Crippen MR) is 94.6 cm³/mol. The first-order valence-corrected chi connectivity index (χ1v) is 8.49. The molecular weight excluding hydrogens is 298 g/mol. The van der Waals surface area contributed by atoms with Gasteiger partial charge in [0.2, 0.25) is 0 Å². The summed E-state index contributed by atoms with van der Waals surface area (Å²) in [7, 11) is 2.05. The maximum Gasteiger partial charge on any atom is 0.172 e. The molecule has 0 radical (unpaired) electrons. The lowest BCUT2D eigenvalue weighted by Crippen LogP contribution is -3.07. The van der Waals surface area contributed by atoms with E-state index >= 15 is 0 Å². The molecule has 1 heterocycles. The number of quaternary nitrogens is 1. The molecule has 3 heteroatoms. The van der Waals surface area contributed by atoms with Crippen molar-refractivity contribution in [3.05, 3.63) is 70.8 Å². The van der Waals surface area contributed by atoms with Gasteiger partial charge in [-0.2, -0.15) is 0 Å². The quantitative estimate of drug-likeness (QED) is 0.876. The van der Waals surface area contributed by atoms with Crippen LogP contribution in [-0.2, 0) is 0 Å². The first-order valence-electron chi connectivity index (χ1n) is 8.49. The number of benzene rings is 2. The van der Waals surface area contributed by atoms with Crippen LogP contribution in [0, 0.1) is 25.7 Å². The molecule has 1 aliphatic rings. The summed E-state index contributed by atoms with van der Waals surface area (Å²) in [5.74, 6) is -0.280. The number of ketones is 2. The molecule has 3 nitrogen and oxygen atoms in total. The van der Waals surface area contributed by atoms with E-state index in [1.165, 1.54) is 4.90 Å². The summed E-state index contributed by atoms with van der Waals surface area (Å²) in [5.41, 5.74) is 3.69. The Labute approximate surface area is 143 Å². The van der Waals surface area contributed by atoms with Gasteiger partial charge in [0, 0.05) is 11.1 Å². The summed E-state index contributed by atoms with van der Waals surface area (Å²) in [6, 6.07) is 15.3. The lowest BCUT2D eigenvalue weighted by molar-refractivity contribution is -0.868. The van der Waals surface area contributed by atoms with Crippen molar-refractivity contribution in [2.24, 2.45) is 11.8 Å². The van der Waals surface area contributed by atoms with Gasteiger partial charge >= 0.3 is 0 Å². The fourth-order valence-corrected chi connectivity index (χ4v) is 3.53. The van der Waals surface area contributed by atoms with Gasteiger partial charge in [0.05, 0.1) is 32.0 Å². The molecule has 1 aliphatic heterocycles. The number of rotatable bonds is 4. The molecule has 1 N–H and O–H groups in total. The van der Waals surface area contributed by atoms with E-state index in [4.69, 9.17) is 0 Å². The Hall–Kier alpha value is -2.26. The summed E-state index contributed by atoms with van der Waals surface area (Å²) < 4.78 is 0. The number of carbonyl (C=O) groups excluding carboxylic acids is 2. The van der Waals surface area contributed by atoms with Crippen LogP contribution in [0.4, 0.5) is 0 Å². The molecule has 0 aromatic heterocycles. The van der Waals surface area contributed by atoms with Gasteiger partial charge in [-0.3, -0.25) is 9.59 Å². The second kappa shape index (κ2) is 6.70. The zero-order chi connectivity index (χ0) is 17.3. The zero-order valence-corrected chi connectivity index (χ0v) is 14.5. The Kier molecular flexibility index (Phi) is 4.63. The van der Waals surface area contributed by atoms with Crippen LogP contribution in [0.25, 0.3) is 0 Å². The Balaban J connectivity index is 1.86. The Bertz CT molecular complexity index is 681. The molecule has 0 aliphatic carbocycles.